The van der Waals surface area contributed by atoms with Crippen LogP contribution in [0.1, 0.15) is 17.5 Å². The van der Waals surface area contributed by atoms with Gasteiger partial charge in [0.25, 0.3) is 0 Å². The molecule has 0 saturated heterocycles. The molecule has 84 valence electrons. The molecule has 1 aliphatic rings. The van der Waals surface area contributed by atoms with Crippen LogP contribution in [0.3, 0.4) is 0 Å². The molecule has 0 radical (unpaired) electrons. The lowest BCUT2D eigenvalue weighted by molar-refractivity contribution is -0.115. The fourth-order valence-corrected chi connectivity index (χ4v) is 1.98. The van der Waals surface area contributed by atoms with E-state index < -0.39 is 0 Å². The maximum absolute atomic E-state index is 11.5. The smallest absolute Gasteiger partial charge is 0.228 e. The molecule has 1 aliphatic heterocycles. The van der Waals surface area contributed by atoms with Gasteiger partial charge < -0.3 is 10.6 Å². The van der Waals surface area contributed by atoms with E-state index in [0.29, 0.717) is 6.42 Å². The number of anilines is 1. The highest BCUT2D eigenvalue weighted by molar-refractivity contribution is 5.92. The Morgan fingerprint density at radius 3 is 3.25 bits per heavy atom. The molecule has 1 aromatic carbocycles. The Morgan fingerprint density at radius 2 is 2.44 bits per heavy atom. The minimum atomic E-state index is 0.00179. The predicted octanol–water partition coefficient (Wildman–Crippen LogP) is 1.85. The molecule has 1 aromatic rings. The van der Waals surface area contributed by atoms with Gasteiger partial charge in [-0.05, 0) is 30.2 Å². The van der Waals surface area contributed by atoms with Crippen molar-refractivity contribution in [2.75, 3.05) is 11.9 Å². The molecule has 2 N–H and O–H groups in total. The van der Waals surface area contributed by atoms with E-state index in [9.17, 15) is 4.79 Å². The fourth-order valence-electron chi connectivity index (χ4n) is 1.98. The van der Waals surface area contributed by atoms with Gasteiger partial charge in [0.2, 0.25) is 5.91 Å². The molecule has 0 atom stereocenters. The second-order valence-corrected chi connectivity index (χ2v) is 3.91. The van der Waals surface area contributed by atoms with E-state index in [-0.39, 0.29) is 5.91 Å². The molecule has 1 heterocycles. The minimum Gasteiger partial charge on any atom is -0.326 e. The topological polar surface area (TPSA) is 41.1 Å². The van der Waals surface area contributed by atoms with E-state index >= 15 is 0 Å². The Hall–Kier alpha value is -1.61. The molecule has 0 spiro atoms. The van der Waals surface area contributed by atoms with Crippen LogP contribution in [-0.2, 0) is 17.8 Å². The van der Waals surface area contributed by atoms with E-state index in [0.717, 1.165) is 25.2 Å². The zero-order valence-corrected chi connectivity index (χ0v) is 9.25. The van der Waals surface area contributed by atoms with Crippen LogP contribution in [0.15, 0.2) is 30.9 Å². The average Bonchev–Trinajstić information content (AvgIpc) is 2.30. The second-order valence-electron chi connectivity index (χ2n) is 3.91. The van der Waals surface area contributed by atoms with Crippen LogP contribution in [-0.4, -0.2) is 12.5 Å². The first-order valence-corrected chi connectivity index (χ1v) is 5.53. The Labute approximate surface area is 95.6 Å². The van der Waals surface area contributed by atoms with Gasteiger partial charge in [-0.3, -0.25) is 4.79 Å². The molecule has 3 nitrogen and oxygen atoms in total. The molecule has 0 fully saturated rings. The summed E-state index contributed by atoms with van der Waals surface area (Å²) >= 11 is 0. The molecule has 0 aromatic heterocycles. The zero-order valence-electron chi connectivity index (χ0n) is 9.25. The summed E-state index contributed by atoms with van der Waals surface area (Å²) in [4.78, 5) is 11.5. The van der Waals surface area contributed by atoms with Gasteiger partial charge in [0, 0.05) is 18.7 Å². The summed E-state index contributed by atoms with van der Waals surface area (Å²) in [6.45, 7) is 5.42. The van der Waals surface area contributed by atoms with Crippen molar-refractivity contribution < 1.29 is 4.79 Å². The SMILES string of the molecule is C=CCC(=O)Nc1cccc2c1CCNC2. The van der Waals surface area contributed by atoms with Crippen molar-refractivity contribution >= 4 is 11.6 Å². The summed E-state index contributed by atoms with van der Waals surface area (Å²) in [7, 11) is 0. The molecule has 0 saturated carbocycles. The lowest BCUT2D eigenvalue weighted by Gasteiger charge is -2.20. The number of nitrogens with one attached hydrogen (secondary N) is 2. The standard InChI is InChI=1S/C13H16N2O/c1-2-4-13(16)15-12-6-3-5-10-9-14-8-7-11(10)12/h2-3,5-6,14H,1,4,7-9H2,(H,15,16). The van der Waals surface area contributed by atoms with Gasteiger partial charge in [0.15, 0.2) is 0 Å². The molecule has 1 amide bonds. The van der Waals surface area contributed by atoms with Crippen LogP contribution in [0.25, 0.3) is 0 Å². The van der Waals surface area contributed by atoms with E-state index in [1.807, 2.05) is 12.1 Å². The molecule has 0 bridgehead atoms. The first-order chi connectivity index (χ1) is 7.81. The second kappa shape index (κ2) is 4.94. The normalized spacial score (nSPS) is 14.0. The summed E-state index contributed by atoms with van der Waals surface area (Å²) in [5.74, 6) is 0.00179. The molecule has 0 unspecified atom stereocenters. The summed E-state index contributed by atoms with van der Waals surface area (Å²) in [6.07, 6.45) is 2.95. The van der Waals surface area contributed by atoms with Gasteiger partial charge in [-0.25, -0.2) is 0 Å². The lowest BCUT2D eigenvalue weighted by atomic mass is 9.99. The van der Waals surface area contributed by atoms with E-state index in [4.69, 9.17) is 0 Å². The van der Waals surface area contributed by atoms with Crippen LogP contribution < -0.4 is 10.6 Å². The number of fused-ring (bicyclic) bond motifs is 1. The van der Waals surface area contributed by atoms with Gasteiger partial charge in [0.05, 0.1) is 0 Å². The largest absolute Gasteiger partial charge is 0.326 e. The van der Waals surface area contributed by atoms with Gasteiger partial charge in [0.1, 0.15) is 0 Å². The van der Waals surface area contributed by atoms with Crippen molar-refractivity contribution in [2.24, 2.45) is 0 Å². The Bertz CT molecular complexity index is 412. The third kappa shape index (κ3) is 2.31. The van der Waals surface area contributed by atoms with Gasteiger partial charge in [-0.15, -0.1) is 6.58 Å². The number of hydrogen-bond acceptors (Lipinski definition) is 2. The summed E-state index contributed by atoms with van der Waals surface area (Å²) < 4.78 is 0. The van der Waals surface area contributed by atoms with Crippen LogP contribution >= 0.6 is 0 Å². The van der Waals surface area contributed by atoms with Crippen molar-refractivity contribution in [3.05, 3.63) is 42.0 Å². The zero-order chi connectivity index (χ0) is 11.4. The highest BCUT2D eigenvalue weighted by Crippen LogP contribution is 2.23. The summed E-state index contributed by atoms with van der Waals surface area (Å²) in [6, 6.07) is 6.05. The van der Waals surface area contributed by atoms with Crippen LogP contribution in [0.5, 0.6) is 0 Å². The first kappa shape index (κ1) is 10.9. The summed E-state index contributed by atoms with van der Waals surface area (Å²) in [5, 5.41) is 6.25. The van der Waals surface area contributed by atoms with Crippen molar-refractivity contribution in [1.82, 2.24) is 5.32 Å². The van der Waals surface area contributed by atoms with Crippen molar-refractivity contribution in [1.29, 1.82) is 0 Å². The average molecular weight is 216 g/mol. The molecule has 3 heteroatoms. The monoisotopic (exact) mass is 216 g/mol. The number of benzene rings is 1. The van der Waals surface area contributed by atoms with Crippen LogP contribution in [0.4, 0.5) is 5.69 Å². The highest BCUT2D eigenvalue weighted by atomic mass is 16.1. The molecule has 2 rings (SSSR count). The third-order valence-corrected chi connectivity index (χ3v) is 2.74. The third-order valence-electron chi connectivity index (χ3n) is 2.74. The molecule has 0 aliphatic carbocycles. The maximum Gasteiger partial charge on any atom is 0.228 e. The fraction of sp³-hybridized carbons (Fsp3) is 0.308. The quantitative estimate of drug-likeness (QED) is 0.757. The molecular weight excluding hydrogens is 200 g/mol. The Kier molecular flexibility index (Phi) is 3.37. The van der Waals surface area contributed by atoms with E-state index in [1.165, 1.54) is 11.1 Å². The minimum absolute atomic E-state index is 0.00179. The van der Waals surface area contributed by atoms with Gasteiger partial charge in [-0.1, -0.05) is 18.2 Å². The number of rotatable bonds is 3. The molecule has 16 heavy (non-hydrogen) atoms. The maximum atomic E-state index is 11.5. The predicted molar refractivity (Wildman–Crippen MR) is 65.3 cm³/mol. The first-order valence-electron chi connectivity index (χ1n) is 5.53. The van der Waals surface area contributed by atoms with E-state index in [2.05, 4.69) is 23.3 Å². The number of amides is 1. The highest BCUT2D eigenvalue weighted by Gasteiger charge is 2.13. The van der Waals surface area contributed by atoms with Crippen LogP contribution in [0.2, 0.25) is 0 Å². The van der Waals surface area contributed by atoms with E-state index in [1.54, 1.807) is 6.08 Å². The lowest BCUT2D eigenvalue weighted by Crippen LogP contribution is -2.25. The number of carbonyl (C=O) groups excluding carboxylic acids is 1. The van der Waals surface area contributed by atoms with Gasteiger partial charge in [-0.2, -0.15) is 0 Å². The Balaban J connectivity index is 2.20. The Morgan fingerprint density at radius 1 is 1.56 bits per heavy atom. The summed E-state index contributed by atoms with van der Waals surface area (Å²) in [5.41, 5.74) is 3.49. The number of carbonyl (C=O) groups is 1. The van der Waals surface area contributed by atoms with Crippen LogP contribution in [0, 0.1) is 0 Å². The van der Waals surface area contributed by atoms with Crippen molar-refractivity contribution in [3.63, 3.8) is 0 Å². The van der Waals surface area contributed by atoms with Crippen molar-refractivity contribution in [3.8, 4) is 0 Å². The number of hydrogen-bond donors (Lipinski definition) is 2. The van der Waals surface area contributed by atoms with Crippen molar-refractivity contribution in [2.45, 2.75) is 19.4 Å². The van der Waals surface area contributed by atoms with Gasteiger partial charge >= 0.3 is 0 Å². The molecular formula is C13H16N2O.